The Morgan fingerprint density at radius 2 is 2.00 bits per heavy atom. The lowest BCUT2D eigenvalue weighted by Crippen LogP contribution is -2.35. The number of ether oxygens (including phenoxy) is 1. The number of benzene rings is 1. The fraction of sp³-hybridized carbons (Fsp3) is 0.308. The van der Waals surface area contributed by atoms with Crippen LogP contribution in [0.5, 0.6) is 0 Å². The number of rotatable bonds is 5. The molecule has 1 N–H and O–H groups in total. The maximum atomic E-state index is 11.7. The lowest BCUT2D eigenvalue weighted by Gasteiger charge is -2.06. The number of nitrogens with zero attached hydrogens (tertiary/aromatic N) is 2. The van der Waals surface area contributed by atoms with E-state index in [1.54, 1.807) is 0 Å². The van der Waals surface area contributed by atoms with Crippen molar-refractivity contribution in [3.8, 4) is 0 Å². The van der Waals surface area contributed by atoms with Crippen LogP contribution in [0.4, 0.5) is 0 Å². The molecular formula is C13H15N3O3. The Morgan fingerprint density at radius 1 is 1.26 bits per heavy atom. The molecule has 6 heteroatoms. The molecule has 0 aliphatic carbocycles. The van der Waals surface area contributed by atoms with Crippen molar-refractivity contribution >= 4 is 0 Å². The molecule has 0 bridgehead atoms. The molecule has 0 fully saturated rings. The molecule has 2 rings (SSSR count). The van der Waals surface area contributed by atoms with E-state index in [0.29, 0.717) is 18.7 Å². The highest BCUT2D eigenvalue weighted by atomic mass is 16.5. The second kappa shape index (κ2) is 6.10. The van der Waals surface area contributed by atoms with Crippen LogP contribution in [0.2, 0.25) is 0 Å². The van der Waals surface area contributed by atoms with Gasteiger partial charge in [-0.25, -0.2) is 4.79 Å². The van der Waals surface area contributed by atoms with E-state index in [9.17, 15) is 9.59 Å². The van der Waals surface area contributed by atoms with Crippen LogP contribution in [0, 0.1) is 0 Å². The van der Waals surface area contributed by atoms with Crippen molar-refractivity contribution in [1.82, 2.24) is 14.8 Å². The zero-order valence-corrected chi connectivity index (χ0v) is 10.6. The van der Waals surface area contributed by atoms with Crippen molar-refractivity contribution in [2.24, 2.45) is 0 Å². The summed E-state index contributed by atoms with van der Waals surface area (Å²) in [6.07, 6.45) is 0.378. The Balaban J connectivity index is 2.30. The maximum absolute atomic E-state index is 11.7. The van der Waals surface area contributed by atoms with E-state index in [1.807, 2.05) is 37.3 Å². The first-order valence-electron chi connectivity index (χ1n) is 6.02. The average Bonchev–Trinajstić information content (AvgIpc) is 2.42. The van der Waals surface area contributed by atoms with Gasteiger partial charge in [0.15, 0.2) is 0 Å². The Morgan fingerprint density at radius 3 is 2.68 bits per heavy atom. The van der Waals surface area contributed by atoms with Crippen LogP contribution in [0.1, 0.15) is 18.2 Å². The van der Waals surface area contributed by atoms with Gasteiger partial charge in [0, 0.05) is 13.0 Å². The quantitative estimate of drug-likeness (QED) is 0.851. The summed E-state index contributed by atoms with van der Waals surface area (Å²) in [5.74, 6) is 0. The van der Waals surface area contributed by atoms with Gasteiger partial charge in [-0.2, -0.15) is 9.78 Å². The lowest BCUT2D eigenvalue weighted by atomic mass is 10.1. The first-order valence-corrected chi connectivity index (χ1v) is 6.02. The molecule has 2 aromatic rings. The molecule has 0 saturated heterocycles. The van der Waals surface area contributed by atoms with E-state index in [0.717, 1.165) is 10.2 Å². The van der Waals surface area contributed by atoms with Crippen molar-refractivity contribution in [1.29, 1.82) is 0 Å². The second-order valence-corrected chi connectivity index (χ2v) is 3.99. The SMILES string of the molecule is CCOCn1nc(Cc2ccccc2)c(=O)[nH]c1=O. The molecule has 100 valence electrons. The molecule has 0 unspecified atom stereocenters. The number of H-pyrrole nitrogens is 1. The van der Waals surface area contributed by atoms with Gasteiger partial charge < -0.3 is 4.74 Å². The smallest absolute Gasteiger partial charge is 0.346 e. The topological polar surface area (TPSA) is 77.0 Å². The molecule has 6 nitrogen and oxygen atoms in total. The molecule has 0 aliphatic heterocycles. The predicted octanol–water partition coefficient (Wildman–Crippen LogP) is 0.516. The van der Waals surface area contributed by atoms with Crippen molar-refractivity contribution in [2.75, 3.05) is 6.61 Å². The Labute approximate surface area is 109 Å². The minimum Gasteiger partial charge on any atom is -0.359 e. The van der Waals surface area contributed by atoms with Crippen molar-refractivity contribution in [3.05, 3.63) is 62.4 Å². The predicted molar refractivity (Wildman–Crippen MR) is 70.0 cm³/mol. The van der Waals surface area contributed by atoms with E-state index in [1.165, 1.54) is 0 Å². The second-order valence-electron chi connectivity index (χ2n) is 3.99. The van der Waals surface area contributed by atoms with Crippen LogP contribution in [-0.4, -0.2) is 21.4 Å². The molecule has 0 spiro atoms. The maximum Gasteiger partial charge on any atom is 0.346 e. The molecule has 0 atom stereocenters. The summed E-state index contributed by atoms with van der Waals surface area (Å²) in [6.45, 7) is 2.33. The van der Waals surface area contributed by atoms with Crippen molar-refractivity contribution in [2.45, 2.75) is 20.1 Å². The highest BCUT2D eigenvalue weighted by molar-refractivity contribution is 5.19. The van der Waals surface area contributed by atoms with Crippen LogP contribution >= 0.6 is 0 Å². The summed E-state index contributed by atoms with van der Waals surface area (Å²) in [5, 5.41) is 4.04. The normalized spacial score (nSPS) is 10.6. The van der Waals surface area contributed by atoms with Gasteiger partial charge in [0.05, 0.1) is 0 Å². The third kappa shape index (κ3) is 3.38. The molecule has 1 aromatic carbocycles. The zero-order valence-electron chi connectivity index (χ0n) is 10.6. The molecule has 1 aromatic heterocycles. The van der Waals surface area contributed by atoms with Gasteiger partial charge in [-0.05, 0) is 12.5 Å². The van der Waals surface area contributed by atoms with Gasteiger partial charge >= 0.3 is 5.69 Å². The van der Waals surface area contributed by atoms with Crippen LogP contribution in [0.15, 0.2) is 39.9 Å². The van der Waals surface area contributed by atoms with Gasteiger partial charge in [0.2, 0.25) is 0 Å². The summed E-state index contributed by atoms with van der Waals surface area (Å²) >= 11 is 0. The van der Waals surface area contributed by atoms with Gasteiger partial charge in [0.1, 0.15) is 12.4 Å². The van der Waals surface area contributed by atoms with Gasteiger partial charge in [-0.3, -0.25) is 9.78 Å². The first-order chi connectivity index (χ1) is 9.20. The van der Waals surface area contributed by atoms with E-state index < -0.39 is 11.2 Å². The van der Waals surface area contributed by atoms with Gasteiger partial charge in [0.25, 0.3) is 5.56 Å². The summed E-state index contributed by atoms with van der Waals surface area (Å²) in [4.78, 5) is 25.5. The molecule has 0 aliphatic rings. The molecule has 1 heterocycles. The number of aromatic nitrogens is 3. The highest BCUT2D eigenvalue weighted by Crippen LogP contribution is 2.02. The van der Waals surface area contributed by atoms with E-state index >= 15 is 0 Å². The van der Waals surface area contributed by atoms with Crippen LogP contribution in [-0.2, 0) is 17.9 Å². The summed E-state index contributed by atoms with van der Waals surface area (Å²) in [7, 11) is 0. The Hall–Kier alpha value is -2.21. The minimum atomic E-state index is -0.560. The monoisotopic (exact) mass is 261 g/mol. The third-order valence-electron chi connectivity index (χ3n) is 2.59. The highest BCUT2D eigenvalue weighted by Gasteiger charge is 2.07. The average molecular weight is 261 g/mol. The van der Waals surface area contributed by atoms with Crippen molar-refractivity contribution in [3.63, 3.8) is 0 Å². The van der Waals surface area contributed by atoms with Gasteiger partial charge in [-0.1, -0.05) is 30.3 Å². The number of hydrogen-bond donors (Lipinski definition) is 1. The molecule has 0 saturated carbocycles. The number of hydrogen-bond acceptors (Lipinski definition) is 4. The van der Waals surface area contributed by atoms with E-state index in [2.05, 4.69) is 10.1 Å². The minimum absolute atomic E-state index is 0.0356. The standard InChI is InChI=1S/C13H15N3O3/c1-2-19-9-16-13(18)14-12(17)11(15-16)8-10-6-4-3-5-7-10/h3-7H,2,8-9H2,1H3,(H,14,17,18). The van der Waals surface area contributed by atoms with Gasteiger partial charge in [-0.15, -0.1) is 0 Å². The fourth-order valence-corrected chi connectivity index (χ4v) is 1.64. The van der Waals surface area contributed by atoms with Crippen molar-refractivity contribution < 1.29 is 4.74 Å². The fourth-order valence-electron chi connectivity index (χ4n) is 1.64. The number of aromatic amines is 1. The third-order valence-corrected chi connectivity index (χ3v) is 2.59. The van der Waals surface area contributed by atoms with E-state index in [4.69, 9.17) is 4.74 Å². The molecular weight excluding hydrogens is 246 g/mol. The largest absolute Gasteiger partial charge is 0.359 e. The summed E-state index contributed by atoms with van der Waals surface area (Å²) < 4.78 is 6.24. The molecule has 0 radical (unpaired) electrons. The molecule has 0 amide bonds. The van der Waals surface area contributed by atoms with Crippen LogP contribution < -0.4 is 11.2 Å². The number of nitrogens with one attached hydrogen (secondary N) is 1. The zero-order chi connectivity index (χ0) is 13.7. The van der Waals surface area contributed by atoms with Crippen LogP contribution in [0.25, 0.3) is 0 Å². The lowest BCUT2D eigenvalue weighted by molar-refractivity contribution is 0.0736. The summed E-state index contributed by atoms with van der Waals surface area (Å²) in [5.41, 5.74) is 0.240. The molecule has 19 heavy (non-hydrogen) atoms. The Kier molecular flexibility index (Phi) is 4.25. The van der Waals surface area contributed by atoms with E-state index in [-0.39, 0.29) is 6.73 Å². The first kappa shape index (κ1) is 13.2. The van der Waals surface area contributed by atoms with Crippen LogP contribution in [0.3, 0.4) is 0 Å². The Bertz CT molecular complexity index is 646. The summed E-state index contributed by atoms with van der Waals surface area (Å²) in [6, 6.07) is 9.48.